The molecule has 3 heterocycles. The summed E-state index contributed by atoms with van der Waals surface area (Å²) in [6.07, 6.45) is -3.47. The normalized spacial score (nSPS) is 15.2. The van der Waals surface area contributed by atoms with Crippen LogP contribution in [0.1, 0.15) is 42.5 Å². The highest BCUT2D eigenvalue weighted by atomic mass is 19.4. The van der Waals surface area contributed by atoms with E-state index in [1.165, 1.54) is 4.68 Å². The van der Waals surface area contributed by atoms with E-state index in [1.807, 2.05) is 13.8 Å². The van der Waals surface area contributed by atoms with E-state index in [0.29, 0.717) is 36.9 Å². The number of aromatic nitrogens is 4. The van der Waals surface area contributed by atoms with E-state index in [2.05, 4.69) is 15.2 Å². The molecular weight excluding hydrogens is 313 g/mol. The summed E-state index contributed by atoms with van der Waals surface area (Å²) in [6, 6.07) is 0. The predicted molar refractivity (Wildman–Crippen MR) is 72.5 cm³/mol. The number of halogens is 3. The van der Waals surface area contributed by atoms with Gasteiger partial charge in [0.05, 0.1) is 13.2 Å². The third-order valence-electron chi connectivity index (χ3n) is 3.55. The fourth-order valence-corrected chi connectivity index (χ4v) is 2.60. The fraction of sp³-hybridized carbons (Fsp3) is 0.643. The van der Waals surface area contributed by atoms with Crippen LogP contribution in [-0.4, -0.2) is 26.5 Å². The SMILES string of the molecule is CC(C)Cc1noc(Cn2nc(C(F)(F)F)c3c2CCOC3)n1. The Hall–Kier alpha value is -1.90. The molecular formula is C14H17F3N4O2. The summed E-state index contributed by atoms with van der Waals surface area (Å²) in [5.41, 5.74) is -0.271. The van der Waals surface area contributed by atoms with Crippen LogP contribution in [0.25, 0.3) is 0 Å². The van der Waals surface area contributed by atoms with Crippen LogP contribution in [0.15, 0.2) is 4.52 Å². The molecule has 0 saturated heterocycles. The van der Waals surface area contributed by atoms with Crippen molar-refractivity contribution in [3.63, 3.8) is 0 Å². The van der Waals surface area contributed by atoms with Crippen LogP contribution in [-0.2, 0) is 36.9 Å². The Morgan fingerprint density at radius 2 is 2.09 bits per heavy atom. The van der Waals surface area contributed by atoms with Crippen molar-refractivity contribution >= 4 is 0 Å². The molecule has 23 heavy (non-hydrogen) atoms. The first-order chi connectivity index (χ1) is 10.8. The van der Waals surface area contributed by atoms with Gasteiger partial charge >= 0.3 is 6.18 Å². The number of fused-ring (bicyclic) bond motifs is 1. The average Bonchev–Trinajstić information content (AvgIpc) is 3.03. The largest absolute Gasteiger partial charge is 0.435 e. The van der Waals surface area contributed by atoms with Gasteiger partial charge in [-0.2, -0.15) is 23.3 Å². The summed E-state index contributed by atoms with van der Waals surface area (Å²) >= 11 is 0. The molecule has 9 heteroatoms. The molecule has 0 atom stereocenters. The van der Waals surface area contributed by atoms with Gasteiger partial charge in [-0.15, -0.1) is 0 Å². The monoisotopic (exact) mass is 330 g/mol. The van der Waals surface area contributed by atoms with Crippen molar-refractivity contribution in [3.8, 4) is 0 Å². The second kappa shape index (κ2) is 5.95. The van der Waals surface area contributed by atoms with Crippen LogP contribution in [0.3, 0.4) is 0 Å². The molecule has 2 aromatic heterocycles. The maximum Gasteiger partial charge on any atom is 0.435 e. The summed E-state index contributed by atoms with van der Waals surface area (Å²) in [6.45, 7) is 4.37. The number of hydrogen-bond donors (Lipinski definition) is 0. The van der Waals surface area contributed by atoms with Gasteiger partial charge in [-0.25, -0.2) is 0 Å². The molecule has 6 nitrogen and oxygen atoms in total. The Balaban J connectivity index is 1.88. The van der Waals surface area contributed by atoms with E-state index >= 15 is 0 Å². The molecule has 0 N–H and O–H groups in total. The Morgan fingerprint density at radius 3 is 2.78 bits per heavy atom. The lowest BCUT2D eigenvalue weighted by Gasteiger charge is -2.14. The summed E-state index contributed by atoms with van der Waals surface area (Å²) < 4.78 is 50.8. The minimum absolute atomic E-state index is 0.0313. The molecule has 0 radical (unpaired) electrons. The summed E-state index contributed by atoms with van der Waals surface area (Å²) in [4.78, 5) is 4.21. The van der Waals surface area contributed by atoms with Crippen LogP contribution in [0.4, 0.5) is 13.2 Å². The Kier molecular flexibility index (Phi) is 4.13. The standard InChI is InChI=1S/C14H17F3N4O2/c1-8(2)5-11-18-12(23-20-11)6-21-10-3-4-22-7-9(10)13(19-21)14(15,16)17/h8H,3-7H2,1-2H3. The van der Waals surface area contributed by atoms with E-state index in [4.69, 9.17) is 9.26 Å². The van der Waals surface area contributed by atoms with Crippen molar-refractivity contribution in [3.05, 3.63) is 28.7 Å². The number of alkyl halides is 3. The quantitative estimate of drug-likeness (QED) is 0.862. The highest BCUT2D eigenvalue weighted by molar-refractivity contribution is 5.29. The van der Waals surface area contributed by atoms with Crippen molar-refractivity contribution < 1.29 is 22.4 Å². The topological polar surface area (TPSA) is 66.0 Å². The lowest BCUT2D eigenvalue weighted by Crippen LogP contribution is -2.15. The molecule has 0 aromatic carbocycles. The lowest BCUT2D eigenvalue weighted by molar-refractivity contribution is -0.142. The summed E-state index contributed by atoms with van der Waals surface area (Å²) in [5, 5.41) is 7.56. The van der Waals surface area contributed by atoms with Crippen LogP contribution in [0.2, 0.25) is 0 Å². The van der Waals surface area contributed by atoms with Crippen molar-refractivity contribution in [2.24, 2.45) is 5.92 Å². The van der Waals surface area contributed by atoms with E-state index in [-0.39, 0.29) is 24.6 Å². The van der Waals surface area contributed by atoms with Crippen LogP contribution < -0.4 is 0 Å². The maximum atomic E-state index is 13.1. The first-order valence-electron chi connectivity index (χ1n) is 7.39. The third-order valence-corrected chi connectivity index (χ3v) is 3.55. The van der Waals surface area contributed by atoms with Gasteiger partial charge < -0.3 is 9.26 Å². The smallest absolute Gasteiger partial charge is 0.376 e. The van der Waals surface area contributed by atoms with Gasteiger partial charge in [-0.3, -0.25) is 4.68 Å². The van der Waals surface area contributed by atoms with Crippen LogP contribution in [0, 0.1) is 5.92 Å². The Labute approximate surface area is 130 Å². The Morgan fingerprint density at radius 1 is 1.30 bits per heavy atom. The molecule has 0 aliphatic carbocycles. The molecule has 1 aliphatic rings. The molecule has 2 aromatic rings. The highest BCUT2D eigenvalue weighted by Crippen LogP contribution is 2.34. The van der Waals surface area contributed by atoms with Crippen molar-refractivity contribution in [1.29, 1.82) is 0 Å². The van der Waals surface area contributed by atoms with E-state index in [0.717, 1.165) is 0 Å². The molecule has 0 spiro atoms. The second-order valence-corrected chi connectivity index (χ2v) is 5.93. The van der Waals surface area contributed by atoms with Gasteiger partial charge in [0, 0.05) is 24.1 Å². The molecule has 0 saturated carbocycles. The third kappa shape index (κ3) is 3.39. The predicted octanol–water partition coefficient (Wildman–Crippen LogP) is 2.60. The van der Waals surface area contributed by atoms with Crippen LogP contribution in [0.5, 0.6) is 0 Å². The number of ether oxygens (including phenoxy) is 1. The molecule has 0 unspecified atom stereocenters. The van der Waals surface area contributed by atoms with Crippen molar-refractivity contribution in [1.82, 2.24) is 19.9 Å². The Bertz CT molecular complexity index is 691. The van der Waals surface area contributed by atoms with Crippen molar-refractivity contribution in [2.45, 2.75) is 46.0 Å². The van der Waals surface area contributed by atoms with E-state index < -0.39 is 11.9 Å². The molecule has 0 fully saturated rings. The minimum Gasteiger partial charge on any atom is -0.376 e. The molecule has 126 valence electrons. The zero-order valence-corrected chi connectivity index (χ0v) is 12.9. The lowest BCUT2D eigenvalue weighted by atomic mass is 10.1. The number of rotatable bonds is 4. The fourth-order valence-electron chi connectivity index (χ4n) is 2.60. The zero-order valence-electron chi connectivity index (χ0n) is 12.9. The number of nitrogens with zero attached hydrogens (tertiary/aromatic N) is 4. The highest BCUT2D eigenvalue weighted by Gasteiger charge is 2.40. The first kappa shape index (κ1) is 16.0. The molecule has 0 amide bonds. The molecule has 0 bridgehead atoms. The van der Waals surface area contributed by atoms with Crippen LogP contribution >= 0.6 is 0 Å². The number of hydrogen-bond acceptors (Lipinski definition) is 5. The first-order valence-corrected chi connectivity index (χ1v) is 7.39. The van der Waals surface area contributed by atoms with E-state index in [9.17, 15) is 13.2 Å². The maximum absolute atomic E-state index is 13.1. The average molecular weight is 330 g/mol. The van der Waals surface area contributed by atoms with Gasteiger partial charge in [0.2, 0.25) is 5.89 Å². The van der Waals surface area contributed by atoms with E-state index in [1.54, 1.807) is 0 Å². The van der Waals surface area contributed by atoms with Gasteiger partial charge in [-0.1, -0.05) is 19.0 Å². The summed E-state index contributed by atoms with van der Waals surface area (Å²) in [5.74, 6) is 1.17. The van der Waals surface area contributed by atoms with Crippen molar-refractivity contribution in [2.75, 3.05) is 6.61 Å². The zero-order chi connectivity index (χ0) is 16.6. The molecule has 3 rings (SSSR count). The van der Waals surface area contributed by atoms with Gasteiger partial charge in [0.1, 0.15) is 6.54 Å². The van der Waals surface area contributed by atoms with Gasteiger partial charge in [-0.05, 0) is 5.92 Å². The molecule has 1 aliphatic heterocycles. The van der Waals surface area contributed by atoms with Gasteiger partial charge in [0.25, 0.3) is 0 Å². The van der Waals surface area contributed by atoms with Gasteiger partial charge in [0.15, 0.2) is 11.5 Å². The second-order valence-electron chi connectivity index (χ2n) is 5.93. The summed E-state index contributed by atoms with van der Waals surface area (Å²) in [7, 11) is 0. The minimum atomic E-state index is -4.51.